The molecule has 20 aromatic rings. The molecule has 0 saturated heterocycles. The first-order valence-corrected chi connectivity index (χ1v) is 37.9. The smallest absolute Gasteiger partial charge is 0.252 e. The van der Waals surface area contributed by atoms with Crippen molar-refractivity contribution in [1.82, 2.24) is 8.97 Å². The van der Waals surface area contributed by atoms with E-state index in [1.54, 1.807) is 4.57 Å². The second kappa shape index (κ2) is 24.0. The van der Waals surface area contributed by atoms with E-state index in [9.17, 15) is 8.22 Å². The average Bonchev–Trinajstić information content (AvgIpc) is 1.05. The molecule has 4 aromatic heterocycles. The fourth-order valence-corrected chi connectivity index (χ4v) is 18.2. The van der Waals surface area contributed by atoms with Crippen LogP contribution < -0.4 is 26.2 Å². The summed E-state index contributed by atoms with van der Waals surface area (Å²) in [5, 5.41) is 6.78. The molecule has 0 unspecified atom stereocenters. The molecule has 0 aliphatic carbocycles. The molecule has 0 N–H and O–H groups in total. The molecule has 0 amide bonds. The lowest BCUT2D eigenvalue weighted by molar-refractivity contribution is 0.590. The summed E-state index contributed by atoms with van der Waals surface area (Å²) in [4.78, 5) is 5.08. The summed E-state index contributed by atoms with van der Waals surface area (Å²) in [5.41, 5.74) is 27.3. The molecule has 6 heterocycles. The number of para-hydroxylation sites is 5. The minimum Gasteiger partial charge on any atom is -0.456 e. The number of aromatic nitrogens is 2. The largest absolute Gasteiger partial charge is 0.456 e. The highest BCUT2D eigenvalue weighted by molar-refractivity contribution is 7.00. The van der Waals surface area contributed by atoms with Gasteiger partial charge in [-0.2, -0.15) is 0 Å². The van der Waals surface area contributed by atoms with Gasteiger partial charge in [0.05, 0.1) is 49.9 Å². The fraction of sp³-hybridized carbons (Fsp3) is 0.0769. The maximum atomic E-state index is 9.93. The number of hydrogen-bond acceptors (Lipinski definition) is 3. The Morgan fingerprint density at radius 1 is 0.309 bits per heavy atom. The molecule has 520 valence electrons. The monoisotopic (exact) mass is 1410 g/mol. The molecule has 6 heteroatoms. The number of rotatable bonds is 9. The molecule has 5 nitrogen and oxygen atoms in total. The van der Waals surface area contributed by atoms with Crippen LogP contribution in [0, 0.1) is 0 Å². The number of fused-ring (bicyclic) bond motifs is 16. The zero-order valence-corrected chi connectivity index (χ0v) is 61.6. The van der Waals surface area contributed by atoms with E-state index >= 15 is 0 Å². The SMILES string of the molecule is [2H]c1c([2H])c([2H])c2c(c1[2H])c1c([2H])c([2H])c([2H])c([2H])c1n2-c1ccc2c(c1)N(c1c(-c3ccccc3)cc(C(C)(C)C)cc1-c1ccccc1)c1cc(C(C)(C)C)cc3c1B2c1ccc(-c2ccc4c(c2)c2cccc5c6ccccc6n4c52)cc1N3c1c(-c2ccccc2)cc(-c2ccccc2)cc1-c1cccc2oc3ccccc3c12. The van der Waals surface area contributed by atoms with Gasteiger partial charge in [0, 0.05) is 93.8 Å². The van der Waals surface area contributed by atoms with Gasteiger partial charge in [0.15, 0.2) is 0 Å². The fourth-order valence-electron chi connectivity index (χ4n) is 18.2. The van der Waals surface area contributed by atoms with Crippen LogP contribution in [0.4, 0.5) is 34.1 Å². The second-order valence-corrected chi connectivity index (χ2v) is 31.7. The van der Waals surface area contributed by atoms with E-state index < -0.39 is 48.4 Å². The van der Waals surface area contributed by atoms with Gasteiger partial charge in [-0.3, -0.25) is 0 Å². The van der Waals surface area contributed by atoms with E-state index in [2.05, 4.69) is 341 Å². The molecule has 2 aliphatic rings. The zero-order valence-electron chi connectivity index (χ0n) is 69.6. The molecule has 110 heavy (non-hydrogen) atoms. The van der Waals surface area contributed by atoms with Crippen molar-refractivity contribution in [1.29, 1.82) is 0 Å². The number of anilines is 6. The zero-order chi connectivity index (χ0) is 80.4. The summed E-state index contributed by atoms with van der Waals surface area (Å²) >= 11 is 0. The van der Waals surface area contributed by atoms with Gasteiger partial charge in [-0.15, -0.1) is 0 Å². The lowest BCUT2D eigenvalue weighted by atomic mass is 9.33. The van der Waals surface area contributed by atoms with Crippen LogP contribution in [0.25, 0.3) is 154 Å². The Labute approximate surface area is 651 Å². The summed E-state index contributed by atoms with van der Waals surface area (Å²) in [7, 11) is 0. The predicted octanol–water partition coefficient (Wildman–Crippen LogP) is 26.5. The topological polar surface area (TPSA) is 29.0 Å². The maximum Gasteiger partial charge on any atom is 0.252 e. The van der Waals surface area contributed by atoms with Crippen molar-refractivity contribution in [3.05, 3.63) is 357 Å². The van der Waals surface area contributed by atoms with Crippen LogP contribution in [-0.4, -0.2) is 15.7 Å². The van der Waals surface area contributed by atoms with Gasteiger partial charge < -0.3 is 23.2 Å². The van der Waals surface area contributed by atoms with Gasteiger partial charge in [0.2, 0.25) is 0 Å². The molecule has 0 fully saturated rings. The summed E-state index contributed by atoms with van der Waals surface area (Å²) in [6.45, 7) is 13.1. The average molecular weight is 1420 g/mol. The van der Waals surface area contributed by atoms with E-state index in [0.717, 1.165) is 161 Å². The van der Waals surface area contributed by atoms with Crippen molar-refractivity contribution in [3.63, 3.8) is 0 Å². The highest BCUT2D eigenvalue weighted by Gasteiger charge is 2.47. The van der Waals surface area contributed by atoms with Gasteiger partial charge in [-0.1, -0.05) is 290 Å². The summed E-state index contributed by atoms with van der Waals surface area (Å²) in [6, 6.07) is 104. The van der Waals surface area contributed by atoms with Crippen molar-refractivity contribution >= 4 is 139 Å². The Bertz CT molecular complexity index is 7560. The molecule has 22 rings (SSSR count). The Kier molecular flexibility index (Phi) is 12.2. The highest BCUT2D eigenvalue weighted by Crippen LogP contribution is 2.57. The van der Waals surface area contributed by atoms with E-state index in [-0.39, 0.29) is 39.3 Å². The first kappa shape index (κ1) is 56.0. The molecule has 0 atom stereocenters. The van der Waals surface area contributed by atoms with Crippen molar-refractivity contribution in [3.8, 4) is 72.4 Å². The molecule has 2 aliphatic heterocycles. The lowest BCUT2D eigenvalue weighted by Gasteiger charge is -2.46. The quantitative estimate of drug-likeness (QED) is 0.135. The third-order valence-corrected chi connectivity index (χ3v) is 23.4. The van der Waals surface area contributed by atoms with E-state index in [0.29, 0.717) is 5.69 Å². The van der Waals surface area contributed by atoms with Gasteiger partial charge in [0.25, 0.3) is 6.71 Å². The number of benzene rings is 16. The Balaban J connectivity index is 0.927. The molecule has 0 radical (unpaired) electrons. The molecule has 0 spiro atoms. The van der Waals surface area contributed by atoms with Gasteiger partial charge in [-0.05, 0) is 180 Å². The third-order valence-electron chi connectivity index (χ3n) is 23.4. The minimum atomic E-state index is -0.535. The van der Waals surface area contributed by atoms with E-state index in [1.165, 1.54) is 27.2 Å². The van der Waals surface area contributed by atoms with Crippen LogP contribution in [0.15, 0.2) is 350 Å². The standard InChI is InChI=1S/C104H75BN4O/c1-103(2,3)71-59-82(66-33-15-9-16-34-66)101(83(60-71)67-35-17-10-18-36-67)109-93-63-73(106-88-44-23-19-37-74(88)75-38-20-24-45-89(75)106)51-53-87(93)105-86-52-49-69(68-50-54-91-84(55-68)79-43-27-42-78-76-39-21-25-46-90(76)107(91)100(78)79)58-92(86)108(94-61-72(104(4,5)6)62-95(109)99(94)105)102-81(65-31-13-8-14-32-65)56-70(64-29-11-7-12-30-64)57-85(102)77-41-28-48-97-98(77)80-40-22-26-47-96(80)110-97/h7-63H,1-6H3/i19D,20D,23D,24D,37D,38D,44D,45D. The molecule has 0 saturated carbocycles. The number of furan rings is 1. The van der Waals surface area contributed by atoms with Crippen LogP contribution in [0.3, 0.4) is 0 Å². The Hall–Kier alpha value is -13.4. The molecule has 0 bridgehead atoms. The van der Waals surface area contributed by atoms with Crippen molar-refractivity contribution < 1.29 is 15.4 Å². The summed E-state index contributed by atoms with van der Waals surface area (Å²) < 4.78 is 87.2. The lowest BCUT2D eigenvalue weighted by Crippen LogP contribution is -2.61. The van der Waals surface area contributed by atoms with Crippen LogP contribution in [0.1, 0.15) is 63.6 Å². The number of hydrogen-bond donors (Lipinski definition) is 0. The third kappa shape index (κ3) is 9.61. The Morgan fingerprint density at radius 2 is 0.782 bits per heavy atom. The first-order valence-electron chi connectivity index (χ1n) is 41.9. The van der Waals surface area contributed by atoms with E-state index in [1.807, 2.05) is 12.1 Å². The second-order valence-electron chi connectivity index (χ2n) is 31.7. The molecule has 16 aromatic carbocycles. The van der Waals surface area contributed by atoms with Crippen molar-refractivity contribution in [2.24, 2.45) is 0 Å². The van der Waals surface area contributed by atoms with Crippen molar-refractivity contribution in [2.75, 3.05) is 9.80 Å². The summed E-state index contributed by atoms with van der Waals surface area (Å²) in [5.74, 6) is 0. The van der Waals surface area contributed by atoms with Gasteiger partial charge >= 0.3 is 0 Å². The van der Waals surface area contributed by atoms with Crippen LogP contribution >= 0.6 is 0 Å². The maximum absolute atomic E-state index is 9.93. The van der Waals surface area contributed by atoms with Crippen LogP contribution in [-0.2, 0) is 10.8 Å². The first-order chi connectivity index (χ1) is 57.2. The molecular formula is C104H75BN4O. The predicted molar refractivity (Wildman–Crippen MR) is 467 cm³/mol. The van der Waals surface area contributed by atoms with E-state index in [4.69, 9.17) is 7.16 Å². The van der Waals surface area contributed by atoms with Crippen molar-refractivity contribution in [2.45, 2.75) is 52.4 Å². The van der Waals surface area contributed by atoms with Crippen LogP contribution in [0.5, 0.6) is 0 Å². The van der Waals surface area contributed by atoms with Crippen LogP contribution in [0.2, 0.25) is 0 Å². The minimum absolute atomic E-state index is 0.00595. The van der Waals surface area contributed by atoms with Gasteiger partial charge in [0.1, 0.15) is 11.2 Å². The number of nitrogens with zero attached hydrogens (tertiary/aromatic N) is 4. The Morgan fingerprint density at radius 3 is 1.42 bits per heavy atom. The summed E-state index contributed by atoms with van der Waals surface area (Å²) in [6.07, 6.45) is 0. The highest BCUT2D eigenvalue weighted by atomic mass is 16.3. The molecular weight excluding hydrogens is 1330 g/mol. The normalized spacial score (nSPS) is 14.0. The van der Waals surface area contributed by atoms with Gasteiger partial charge in [-0.25, -0.2) is 0 Å².